The molecule has 0 fully saturated rings. The first kappa shape index (κ1) is 15.1. The number of aryl methyl sites for hydroxylation is 1. The van der Waals surface area contributed by atoms with E-state index < -0.39 is 17.7 Å². The summed E-state index contributed by atoms with van der Waals surface area (Å²) in [7, 11) is 1.27. The summed E-state index contributed by atoms with van der Waals surface area (Å²) in [5.41, 5.74) is 1.55. The number of hydrogen-bond donors (Lipinski definition) is 0. The highest BCUT2D eigenvalue weighted by Gasteiger charge is 2.30. The van der Waals surface area contributed by atoms with E-state index in [2.05, 4.69) is 0 Å². The van der Waals surface area contributed by atoms with Crippen LogP contribution in [0.25, 0.3) is 11.1 Å². The molecular weight excluding hydrogens is 281 g/mol. The predicted molar refractivity (Wildman–Crippen MR) is 73.0 cm³/mol. The van der Waals surface area contributed by atoms with E-state index in [1.165, 1.54) is 19.2 Å². The van der Waals surface area contributed by atoms with Crippen LogP contribution in [0.2, 0.25) is 0 Å². The zero-order valence-corrected chi connectivity index (χ0v) is 11.5. The maximum absolute atomic E-state index is 12.6. The van der Waals surface area contributed by atoms with Crippen LogP contribution in [-0.2, 0) is 10.9 Å². The monoisotopic (exact) mass is 294 g/mol. The molecular formula is C16H13F3O2. The molecule has 110 valence electrons. The van der Waals surface area contributed by atoms with Crippen molar-refractivity contribution in [2.24, 2.45) is 0 Å². The Hall–Kier alpha value is -2.30. The topological polar surface area (TPSA) is 26.3 Å². The fraction of sp³-hybridized carbons (Fsp3) is 0.188. The highest BCUT2D eigenvalue weighted by molar-refractivity contribution is 5.97. The lowest BCUT2D eigenvalue weighted by Gasteiger charge is -2.11. The van der Waals surface area contributed by atoms with E-state index in [4.69, 9.17) is 4.74 Å². The van der Waals surface area contributed by atoms with Crippen molar-refractivity contribution >= 4 is 5.97 Å². The van der Waals surface area contributed by atoms with E-state index in [1.807, 2.05) is 6.92 Å². The van der Waals surface area contributed by atoms with Crippen LogP contribution >= 0.6 is 0 Å². The number of rotatable bonds is 2. The van der Waals surface area contributed by atoms with Crippen molar-refractivity contribution in [1.82, 2.24) is 0 Å². The summed E-state index contributed by atoms with van der Waals surface area (Å²) in [6, 6.07) is 9.83. The predicted octanol–water partition coefficient (Wildman–Crippen LogP) is 4.47. The van der Waals surface area contributed by atoms with Crippen LogP contribution in [-0.4, -0.2) is 13.1 Å². The number of esters is 1. The Morgan fingerprint density at radius 2 is 1.67 bits per heavy atom. The minimum atomic E-state index is -4.38. The van der Waals surface area contributed by atoms with Crippen LogP contribution in [0.5, 0.6) is 0 Å². The molecule has 0 radical (unpaired) electrons. The molecule has 0 aliphatic carbocycles. The SMILES string of the molecule is COC(=O)c1cc(C)ccc1-c1ccc(C(F)(F)F)cc1. The summed E-state index contributed by atoms with van der Waals surface area (Å²) in [5, 5.41) is 0. The molecule has 0 aromatic heterocycles. The minimum absolute atomic E-state index is 0.331. The van der Waals surface area contributed by atoms with Gasteiger partial charge < -0.3 is 4.74 Å². The number of methoxy groups -OCH3 is 1. The first-order valence-corrected chi connectivity index (χ1v) is 6.19. The number of ether oxygens (including phenoxy) is 1. The molecule has 0 bridgehead atoms. The van der Waals surface area contributed by atoms with Crippen molar-refractivity contribution in [2.75, 3.05) is 7.11 Å². The molecule has 2 rings (SSSR count). The van der Waals surface area contributed by atoms with Crippen LogP contribution < -0.4 is 0 Å². The standard InChI is InChI=1S/C16H13F3O2/c1-10-3-8-13(14(9-10)15(20)21-2)11-4-6-12(7-5-11)16(17,18)19/h3-9H,1-2H3. The highest BCUT2D eigenvalue weighted by Crippen LogP contribution is 2.32. The normalized spacial score (nSPS) is 11.3. The molecule has 2 aromatic carbocycles. The maximum atomic E-state index is 12.6. The van der Waals surface area contributed by atoms with Gasteiger partial charge in [0.05, 0.1) is 18.2 Å². The molecule has 0 saturated carbocycles. The third-order valence-corrected chi connectivity index (χ3v) is 3.10. The molecule has 0 amide bonds. The third-order valence-electron chi connectivity index (χ3n) is 3.10. The van der Waals surface area contributed by atoms with Gasteiger partial charge in [-0.15, -0.1) is 0 Å². The fourth-order valence-electron chi connectivity index (χ4n) is 2.03. The molecule has 0 atom stereocenters. The first-order chi connectivity index (χ1) is 9.82. The lowest BCUT2D eigenvalue weighted by molar-refractivity contribution is -0.137. The second-order valence-electron chi connectivity index (χ2n) is 4.62. The number of halogens is 3. The lowest BCUT2D eigenvalue weighted by atomic mass is 9.97. The average molecular weight is 294 g/mol. The van der Waals surface area contributed by atoms with Crippen molar-refractivity contribution in [3.63, 3.8) is 0 Å². The molecule has 0 N–H and O–H groups in total. The summed E-state index contributed by atoms with van der Waals surface area (Å²) in [6.45, 7) is 1.82. The molecule has 0 aliphatic heterocycles. The first-order valence-electron chi connectivity index (χ1n) is 6.19. The van der Waals surface area contributed by atoms with Gasteiger partial charge in [-0.25, -0.2) is 4.79 Å². The van der Waals surface area contributed by atoms with E-state index in [-0.39, 0.29) is 0 Å². The minimum Gasteiger partial charge on any atom is -0.465 e. The second-order valence-corrected chi connectivity index (χ2v) is 4.62. The Labute approximate surface area is 120 Å². The van der Waals surface area contributed by atoms with Gasteiger partial charge >= 0.3 is 12.1 Å². The van der Waals surface area contributed by atoms with Gasteiger partial charge in [-0.3, -0.25) is 0 Å². The quantitative estimate of drug-likeness (QED) is 0.764. The van der Waals surface area contributed by atoms with E-state index in [1.54, 1.807) is 18.2 Å². The summed E-state index contributed by atoms with van der Waals surface area (Å²) in [5.74, 6) is -0.520. The second kappa shape index (κ2) is 5.60. The van der Waals surface area contributed by atoms with Crippen LogP contribution in [0, 0.1) is 6.92 Å². The van der Waals surface area contributed by atoms with Gasteiger partial charge in [0.1, 0.15) is 0 Å². The molecule has 2 aromatic rings. The summed E-state index contributed by atoms with van der Waals surface area (Å²) >= 11 is 0. The van der Waals surface area contributed by atoms with Gasteiger partial charge in [0, 0.05) is 0 Å². The molecule has 5 heteroatoms. The summed E-state index contributed by atoms with van der Waals surface area (Å²) < 4.78 is 42.4. The van der Waals surface area contributed by atoms with Gasteiger partial charge in [-0.2, -0.15) is 13.2 Å². The fourth-order valence-corrected chi connectivity index (χ4v) is 2.03. The Morgan fingerprint density at radius 1 is 1.05 bits per heavy atom. The van der Waals surface area contributed by atoms with Crippen LogP contribution in [0.1, 0.15) is 21.5 Å². The van der Waals surface area contributed by atoms with Gasteiger partial charge in [0.25, 0.3) is 0 Å². The highest BCUT2D eigenvalue weighted by atomic mass is 19.4. The average Bonchev–Trinajstić information content (AvgIpc) is 2.45. The van der Waals surface area contributed by atoms with Crippen molar-refractivity contribution in [2.45, 2.75) is 13.1 Å². The molecule has 21 heavy (non-hydrogen) atoms. The number of carbonyl (C=O) groups excluding carboxylic acids is 1. The van der Waals surface area contributed by atoms with E-state index >= 15 is 0 Å². The summed E-state index contributed by atoms with van der Waals surface area (Å²) in [4.78, 5) is 11.8. The summed E-state index contributed by atoms with van der Waals surface area (Å²) in [6.07, 6.45) is -4.38. The Morgan fingerprint density at radius 3 is 2.19 bits per heavy atom. The van der Waals surface area contributed by atoms with E-state index in [9.17, 15) is 18.0 Å². The number of hydrogen-bond acceptors (Lipinski definition) is 2. The Kier molecular flexibility index (Phi) is 4.02. The van der Waals surface area contributed by atoms with Gasteiger partial charge in [-0.1, -0.05) is 29.8 Å². The lowest BCUT2D eigenvalue weighted by Crippen LogP contribution is -2.05. The van der Waals surface area contributed by atoms with E-state index in [0.29, 0.717) is 16.7 Å². The van der Waals surface area contributed by atoms with Crippen LogP contribution in [0.4, 0.5) is 13.2 Å². The van der Waals surface area contributed by atoms with Crippen molar-refractivity contribution in [3.8, 4) is 11.1 Å². The molecule has 0 aliphatic rings. The van der Waals surface area contributed by atoms with Gasteiger partial charge in [0.15, 0.2) is 0 Å². The molecule has 0 heterocycles. The number of carbonyl (C=O) groups is 1. The third kappa shape index (κ3) is 3.24. The van der Waals surface area contributed by atoms with E-state index in [0.717, 1.165) is 17.7 Å². The molecule has 0 spiro atoms. The van der Waals surface area contributed by atoms with Gasteiger partial charge in [-0.05, 0) is 36.2 Å². The molecule has 0 saturated heterocycles. The number of alkyl halides is 3. The van der Waals surface area contributed by atoms with Crippen LogP contribution in [0.3, 0.4) is 0 Å². The smallest absolute Gasteiger partial charge is 0.416 e. The maximum Gasteiger partial charge on any atom is 0.416 e. The van der Waals surface area contributed by atoms with Gasteiger partial charge in [0.2, 0.25) is 0 Å². The zero-order chi connectivity index (χ0) is 15.6. The largest absolute Gasteiger partial charge is 0.465 e. The Bertz CT molecular complexity index is 658. The molecule has 0 unspecified atom stereocenters. The zero-order valence-electron chi connectivity index (χ0n) is 11.5. The van der Waals surface area contributed by atoms with Crippen molar-refractivity contribution < 1.29 is 22.7 Å². The van der Waals surface area contributed by atoms with Crippen molar-refractivity contribution in [1.29, 1.82) is 0 Å². The number of benzene rings is 2. The Balaban J connectivity index is 2.49. The molecule has 2 nitrogen and oxygen atoms in total. The van der Waals surface area contributed by atoms with Crippen molar-refractivity contribution in [3.05, 3.63) is 59.2 Å². The van der Waals surface area contributed by atoms with Crippen LogP contribution in [0.15, 0.2) is 42.5 Å².